The van der Waals surface area contributed by atoms with Crippen LogP contribution in [0.1, 0.15) is 20.3 Å². The van der Waals surface area contributed by atoms with Gasteiger partial charge < -0.3 is 0 Å². The Kier molecular flexibility index (Phi) is 6.92. The van der Waals surface area contributed by atoms with Crippen LogP contribution in [0.5, 0.6) is 0 Å². The zero-order valence-corrected chi connectivity index (χ0v) is 15.3. The zero-order valence-electron chi connectivity index (χ0n) is 12.0. The highest BCUT2D eigenvalue weighted by Crippen LogP contribution is 2.59. The quantitative estimate of drug-likeness (QED) is 0.597. The van der Waals surface area contributed by atoms with Crippen molar-refractivity contribution in [3.63, 3.8) is 0 Å². The second-order valence-corrected chi connectivity index (χ2v) is 13.8. The second-order valence-electron chi connectivity index (χ2n) is 4.39. The van der Waals surface area contributed by atoms with Crippen molar-refractivity contribution in [2.75, 3.05) is 6.54 Å². The summed E-state index contributed by atoms with van der Waals surface area (Å²) >= 11 is 6.75. The van der Waals surface area contributed by atoms with Gasteiger partial charge in [0.05, 0.1) is 11.4 Å². The molecule has 2 N–H and O–H groups in total. The first-order valence-corrected chi connectivity index (χ1v) is 12.1. The van der Waals surface area contributed by atoms with Crippen LogP contribution in [0.15, 0.2) is 35.2 Å². The molecule has 0 aliphatic rings. The van der Waals surface area contributed by atoms with Gasteiger partial charge in [0.2, 0.25) is 10.0 Å². The summed E-state index contributed by atoms with van der Waals surface area (Å²) in [4.78, 5) is 0.157. The predicted molar refractivity (Wildman–Crippen MR) is 95.0 cm³/mol. The SMILES string of the molecule is C#CCN(P(N)(=S)SC(C)CC)S(=O)(=O)c1ccccc1. The molecule has 0 fully saturated rings. The fraction of sp³-hybridized carbons (Fsp3) is 0.385. The van der Waals surface area contributed by atoms with Crippen molar-refractivity contribution in [2.45, 2.75) is 30.4 Å². The van der Waals surface area contributed by atoms with E-state index in [1.54, 1.807) is 18.2 Å². The molecule has 1 aromatic rings. The number of nitrogens with two attached hydrogens (primary N) is 1. The number of terminal acetylenes is 1. The minimum Gasteiger partial charge on any atom is -0.282 e. The fourth-order valence-corrected chi connectivity index (χ4v) is 10.9. The molecule has 0 aliphatic heterocycles. The Balaban J connectivity index is 3.24. The molecule has 116 valence electrons. The minimum atomic E-state index is -3.78. The molecule has 0 spiro atoms. The molecule has 1 rings (SSSR count). The molecule has 8 heteroatoms. The molecular formula is C13H19N2O2PS3. The van der Waals surface area contributed by atoms with Crippen LogP contribution < -0.4 is 5.50 Å². The fourth-order valence-electron chi connectivity index (χ4n) is 1.51. The summed E-state index contributed by atoms with van der Waals surface area (Å²) < 4.78 is 26.6. The number of benzene rings is 1. The summed E-state index contributed by atoms with van der Waals surface area (Å²) in [5, 5.41) is 0.173. The Labute approximate surface area is 136 Å². The van der Waals surface area contributed by atoms with Crippen LogP contribution in [0, 0.1) is 12.3 Å². The highest BCUT2D eigenvalue weighted by Gasteiger charge is 2.35. The molecule has 0 aromatic heterocycles. The number of hydrogen-bond donors (Lipinski definition) is 1. The van der Waals surface area contributed by atoms with Gasteiger partial charge in [-0.2, -0.15) is 0 Å². The van der Waals surface area contributed by atoms with Crippen molar-refractivity contribution in [1.82, 2.24) is 4.08 Å². The van der Waals surface area contributed by atoms with Gasteiger partial charge in [-0.15, -0.1) is 10.5 Å². The maximum absolute atomic E-state index is 12.7. The highest BCUT2D eigenvalue weighted by atomic mass is 32.9. The second kappa shape index (κ2) is 7.77. The number of rotatable bonds is 7. The Morgan fingerprint density at radius 3 is 2.52 bits per heavy atom. The maximum atomic E-state index is 12.7. The summed E-state index contributed by atoms with van der Waals surface area (Å²) in [7, 11) is -3.78. The molecule has 4 nitrogen and oxygen atoms in total. The lowest BCUT2D eigenvalue weighted by atomic mass is 10.4. The first kappa shape index (κ1) is 18.7. The average Bonchev–Trinajstić information content (AvgIpc) is 2.44. The van der Waals surface area contributed by atoms with E-state index in [1.165, 1.54) is 23.5 Å². The predicted octanol–water partition coefficient (Wildman–Crippen LogP) is 3.03. The van der Waals surface area contributed by atoms with Gasteiger partial charge in [0.25, 0.3) is 0 Å². The van der Waals surface area contributed by atoms with Gasteiger partial charge in [-0.25, -0.2) is 8.42 Å². The van der Waals surface area contributed by atoms with Crippen LogP contribution in [0.3, 0.4) is 0 Å². The van der Waals surface area contributed by atoms with Gasteiger partial charge in [-0.3, -0.25) is 5.50 Å². The summed E-state index contributed by atoms with van der Waals surface area (Å²) in [5.41, 5.74) is 3.36. The van der Waals surface area contributed by atoms with E-state index in [0.29, 0.717) is 0 Å². The molecule has 21 heavy (non-hydrogen) atoms. The Bertz CT molecular complexity index is 656. The van der Waals surface area contributed by atoms with Crippen molar-refractivity contribution < 1.29 is 8.42 Å². The van der Waals surface area contributed by atoms with Crippen LogP contribution in [-0.2, 0) is 21.8 Å². The normalized spacial score (nSPS) is 16.1. The minimum absolute atomic E-state index is 0.117. The van der Waals surface area contributed by atoms with Crippen LogP contribution in [0.25, 0.3) is 0 Å². The molecule has 0 bridgehead atoms. The van der Waals surface area contributed by atoms with Crippen molar-refractivity contribution >= 4 is 38.8 Å². The van der Waals surface area contributed by atoms with Gasteiger partial charge in [0.15, 0.2) is 0 Å². The van der Waals surface area contributed by atoms with Crippen molar-refractivity contribution in [3.8, 4) is 12.3 Å². The first-order chi connectivity index (χ1) is 9.75. The van der Waals surface area contributed by atoms with Crippen molar-refractivity contribution in [2.24, 2.45) is 5.50 Å². The third kappa shape index (κ3) is 4.82. The zero-order chi connectivity index (χ0) is 16.1. The van der Waals surface area contributed by atoms with Crippen LogP contribution >= 0.6 is 16.9 Å². The number of sulfonamides is 1. The number of nitrogens with zero attached hydrogens (tertiary/aromatic N) is 1. The average molecular weight is 362 g/mol. The molecule has 1 aromatic carbocycles. The lowest BCUT2D eigenvalue weighted by Gasteiger charge is -2.30. The van der Waals surface area contributed by atoms with Gasteiger partial charge >= 0.3 is 0 Å². The maximum Gasteiger partial charge on any atom is 0.249 e. The smallest absolute Gasteiger partial charge is 0.249 e. The van der Waals surface area contributed by atoms with E-state index in [4.69, 9.17) is 23.7 Å². The van der Waals surface area contributed by atoms with Crippen LogP contribution in [0.2, 0.25) is 0 Å². The summed E-state index contributed by atoms with van der Waals surface area (Å²) in [6, 6.07) is 8.09. The molecule has 2 unspecified atom stereocenters. The summed E-state index contributed by atoms with van der Waals surface area (Å²) in [5.74, 6) is 2.36. The molecule has 0 aliphatic carbocycles. The van der Waals surface area contributed by atoms with E-state index in [2.05, 4.69) is 5.92 Å². The molecule has 0 heterocycles. The van der Waals surface area contributed by atoms with Crippen molar-refractivity contribution in [3.05, 3.63) is 30.3 Å². The lowest BCUT2D eigenvalue weighted by molar-refractivity contribution is 0.554. The van der Waals surface area contributed by atoms with E-state index in [1.807, 2.05) is 13.8 Å². The van der Waals surface area contributed by atoms with E-state index < -0.39 is 15.6 Å². The standard InChI is InChI=1S/C13H19N2O2PS3/c1-4-11-15(18(14,19)20-12(3)5-2)21(16,17)13-9-7-6-8-10-13/h1,6-10,12H,5,11H2,2-3H3,(H2,14,19). The highest BCUT2D eigenvalue weighted by molar-refractivity contribution is 8.70. The van der Waals surface area contributed by atoms with Crippen molar-refractivity contribution in [1.29, 1.82) is 0 Å². The summed E-state index contributed by atoms with van der Waals surface area (Å²) in [6.07, 6.45) is 6.17. The number of hydrogen-bond acceptors (Lipinski definition) is 4. The third-order valence-electron chi connectivity index (χ3n) is 2.76. The Morgan fingerprint density at radius 1 is 1.48 bits per heavy atom. The third-order valence-corrected chi connectivity index (χ3v) is 12.1. The Hall–Kier alpha value is -0.350. The summed E-state index contributed by atoms with van der Waals surface area (Å²) in [6.45, 7) is 3.86. The molecular weight excluding hydrogens is 343 g/mol. The topological polar surface area (TPSA) is 63.4 Å². The molecule has 0 saturated carbocycles. The van der Waals surface area contributed by atoms with E-state index in [0.717, 1.165) is 10.5 Å². The Morgan fingerprint density at radius 2 is 2.05 bits per heavy atom. The molecule has 0 amide bonds. The largest absolute Gasteiger partial charge is 0.282 e. The van der Waals surface area contributed by atoms with Gasteiger partial charge in [0.1, 0.15) is 5.54 Å². The van der Waals surface area contributed by atoms with E-state index >= 15 is 0 Å². The van der Waals surface area contributed by atoms with Gasteiger partial charge in [-0.1, -0.05) is 61.2 Å². The van der Waals surface area contributed by atoms with E-state index in [9.17, 15) is 8.42 Å². The molecule has 2 atom stereocenters. The van der Waals surface area contributed by atoms with Crippen LogP contribution in [-0.4, -0.2) is 24.3 Å². The lowest BCUT2D eigenvalue weighted by Crippen LogP contribution is -2.31. The molecule has 0 radical (unpaired) electrons. The first-order valence-electron chi connectivity index (χ1n) is 6.34. The monoisotopic (exact) mass is 362 g/mol. The van der Waals surface area contributed by atoms with Gasteiger partial charge in [-0.05, 0) is 18.6 Å². The van der Waals surface area contributed by atoms with Crippen LogP contribution in [0.4, 0.5) is 0 Å². The van der Waals surface area contributed by atoms with E-state index in [-0.39, 0.29) is 16.7 Å². The van der Waals surface area contributed by atoms with Gasteiger partial charge in [0, 0.05) is 5.25 Å². The molecule has 0 saturated heterocycles.